The Bertz CT molecular complexity index is 654. The Morgan fingerprint density at radius 1 is 1.33 bits per heavy atom. The standard InChI is InChI=1S/C15H19NO4S/c1-11(16-13-6-7-21(17,18)9-13)2-3-12-4-5-14-15(8-12)20-10-19-14/h4-8,11,13,16H,2-3,9-10H2,1H3. The van der Waals surface area contributed by atoms with Crippen LogP contribution in [0.3, 0.4) is 0 Å². The highest BCUT2D eigenvalue weighted by Crippen LogP contribution is 2.32. The summed E-state index contributed by atoms with van der Waals surface area (Å²) in [5, 5.41) is 4.64. The van der Waals surface area contributed by atoms with Crippen molar-refractivity contribution in [3.8, 4) is 11.5 Å². The van der Waals surface area contributed by atoms with E-state index in [1.54, 1.807) is 6.08 Å². The molecular formula is C15H19NO4S. The Balaban J connectivity index is 1.50. The molecule has 5 nitrogen and oxygen atoms in total. The van der Waals surface area contributed by atoms with Crippen molar-refractivity contribution < 1.29 is 17.9 Å². The van der Waals surface area contributed by atoms with Gasteiger partial charge in [-0.2, -0.15) is 0 Å². The van der Waals surface area contributed by atoms with E-state index in [0.29, 0.717) is 6.79 Å². The third kappa shape index (κ3) is 3.57. The fraction of sp³-hybridized carbons (Fsp3) is 0.467. The van der Waals surface area contributed by atoms with Crippen molar-refractivity contribution in [1.82, 2.24) is 5.32 Å². The maximum absolute atomic E-state index is 11.4. The van der Waals surface area contributed by atoms with Gasteiger partial charge in [0.25, 0.3) is 0 Å². The molecule has 1 aromatic rings. The fourth-order valence-corrected chi connectivity index (χ4v) is 3.86. The number of ether oxygens (including phenoxy) is 2. The molecule has 1 aromatic carbocycles. The largest absolute Gasteiger partial charge is 0.454 e. The molecule has 2 unspecified atom stereocenters. The smallest absolute Gasteiger partial charge is 0.231 e. The van der Waals surface area contributed by atoms with E-state index in [1.165, 1.54) is 11.0 Å². The lowest BCUT2D eigenvalue weighted by atomic mass is 10.0. The number of hydrogen-bond donors (Lipinski definition) is 1. The number of aryl methyl sites for hydroxylation is 1. The van der Waals surface area contributed by atoms with Crippen LogP contribution in [0.15, 0.2) is 29.7 Å². The summed E-state index contributed by atoms with van der Waals surface area (Å²) in [5.74, 6) is 1.77. The molecule has 0 saturated heterocycles. The van der Waals surface area contributed by atoms with Gasteiger partial charge in [-0.1, -0.05) is 12.1 Å². The molecule has 114 valence electrons. The molecular weight excluding hydrogens is 290 g/mol. The van der Waals surface area contributed by atoms with E-state index in [0.717, 1.165) is 24.3 Å². The first kappa shape index (κ1) is 14.4. The Labute approximate surface area is 124 Å². The van der Waals surface area contributed by atoms with Gasteiger partial charge in [0.05, 0.1) is 5.75 Å². The van der Waals surface area contributed by atoms with E-state index in [1.807, 2.05) is 18.2 Å². The van der Waals surface area contributed by atoms with Crippen LogP contribution in [0.4, 0.5) is 0 Å². The van der Waals surface area contributed by atoms with E-state index in [2.05, 4.69) is 12.2 Å². The molecule has 0 aliphatic carbocycles. The Hall–Kier alpha value is -1.53. The van der Waals surface area contributed by atoms with E-state index >= 15 is 0 Å². The summed E-state index contributed by atoms with van der Waals surface area (Å²) in [7, 11) is -2.99. The number of fused-ring (bicyclic) bond motifs is 1. The van der Waals surface area contributed by atoms with Crippen molar-refractivity contribution in [2.45, 2.75) is 31.8 Å². The van der Waals surface area contributed by atoms with Gasteiger partial charge in [-0.15, -0.1) is 0 Å². The summed E-state index contributed by atoms with van der Waals surface area (Å²) in [6.07, 6.45) is 3.57. The average Bonchev–Trinajstić information content (AvgIpc) is 3.02. The molecule has 2 aliphatic rings. The maximum atomic E-state index is 11.4. The summed E-state index contributed by atoms with van der Waals surface area (Å²) in [4.78, 5) is 0. The summed E-state index contributed by atoms with van der Waals surface area (Å²) >= 11 is 0. The quantitative estimate of drug-likeness (QED) is 0.896. The van der Waals surface area contributed by atoms with Crippen molar-refractivity contribution in [1.29, 1.82) is 0 Å². The highest BCUT2D eigenvalue weighted by atomic mass is 32.2. The summed E-state index contributed by atoms with van der Waals surface area (Å²) in [5.41, 5.74) is 1.20. The molecule has 0 bridgehead atoms. The zero-order chi connectivity index (χ0) is 14.9. The van der Waals surface area contributed by atoms with Crippen molar-refractivity contribution in [2.75, 3.05) is 12.5 Å². The fourth-order valence-electron chi connectivity index (χ4n) is 2.61. The molecule has 0 amide bonds. The molecule has 1 N–H and O–H groups in total. The number of hydrogen-bond acceptors (Lipinski definition) is 5. The van der Waals surface area contributed by atoms with E-state index in [-0.39, 0.29) is 17.8 Å². The molecule has 0 saturated carbocycles. The molecule has 0 radical (unpaired) electrons. The van der Waals surface area contributed by atoms with E-state index < -0.39 is 9.84 Å². The summed E-state index contributed by atoms with van der Waals surface area (Å²) < 4.78 is 33.4. The van der Waals surface area contributed by atoms with Crippen LogP contribution in [0.5, 0.6) is 11.5 Å². The highest BCUT2D eigenvalue weighted by Gasteiger charge is 2.22. The second-order valence-electron chi connectivity index (χ2n) is 5.56. The molecule has 21 heavy (non-hydrogen) atoms. The van der Waals surface area contributed by atoms with Crippen LogP contribution in [0.2, 0.25) is 0 Å². The summed E-state index contributed by atoms with van der Waals surface area (Å²) in [6, 6.07) is 6.16. The van der Waals surface area contributed by atoms with Gasteiger partial charge in [0.1, 0.15) is 0 Å². The maximum Gasteiger partial charge on any atom is 0.231 e. The van der Waals surface area contributed by atoms with Gasteiger partial charge in [-0.3, -0.25) is 0 Å². The predicted octanol–water partition coefficient (Wildman–Crippen LogP) is 1.64. The highest BCUT2D eigenvalue weighted by molar-refractivity contribution is 7.94. The first-order valence-electron chi connectivity index (χ1n) is 7.07. The van der Waals surface area contributed by atoms with Gasteiger partial charge >= 0.3 is 0 Å². The van der Waals surface area contributed by atoms with Gasteiger partial charge in [0.2, 0.25) is 6.79 Å². The van der Waals surface area contributed by atoms with Gasteiger partial charge in [0.15, 0.2) is 21.3 Å². The molecule has 3 rings (SSSR count). The molecule has 0 spiro atoms. The lowest BCUT2D eigenvalue weighted by molar-refractivity contribution is 0.174. The SMILES string of the molecule is CC(CCc1ccc2c(c1)OCO2)NC1C=CS(=O)(=O)C1. The van der Waals surface area contributed by atoms with Crippen molar-refractivity contribution >= 4 is 9.84 Å². The van der Waals surface area contributed by atoms with Crippen LogP contribution in [0.1, 0.15) is 18.9 Å². The molecule has 2 atom stereocenters. The van der Waals surface area contributed by atoms with Gasteiger partial charge in [-0.05, 0) is 37.5 Å². The second kappa shape index (κ2) is 5.69. The first-order valence-corrected chi connectivity index (χ1v) is 8.79. The average molecular weight is 309 g/mol. The molecule has 0 aromatic heterocycles. The zero-order valence-corrected chi connectivity index (χ0v) is 12.7. The molecule has 6 heteroatoms. The van der Waals surface area contributed by atoms with Crippen LogP contribution >= 0.6 is 0 Å². The van der Waals surface area contributed by atoms with E-state index in [4.69, 9.17) is 9.47 Å². The Kier molecular flexibility index (Phi) is 3.91. The zero-order valence-electron chi connectivity index (χ0n) is 11.9. The van der Waals surface area contributed by atoms with Gasteiger partial charge in [-0.25, -0.2) is 8.42 Å². The monoisotopic (exact) mass is 309 g/mol. The van der Waals surface area contributed by atoms with Crippen molar-refractivity contribution in [3.63, 3.8) is 0 Å². The number of rotatable bonds is 5. The number of sulfone groups is 1. The Morgan fingerprint density at radius 3 is 2.90 bits per heavy atom. The number of benzene rings is 1. The molecule has 2 aliphatic heterocycles. The van der Waals surface area contributed by atoms with Gasteiger partial charge < -0.3 is 14.8 Å². The normalized spacial score (nSPS) is 23.4. The topological polar surface area (TPSA) is 64.6 Å². The first-order chi connectivity index (χ1) is 10.0. The lowest BCUT2D eigenvalue weighted by Gasteiger charge is -2.17. The predicted molar refractivity (Wildman–Crippen MR) is 80.2 cm³/mol. The minimum absolute atomic E-state index is 0.0678. The van der Waals surface area contributed by atoms with Crippen LogP contribution < -0.4 is 14.8 Å². The van der Waals surface area contributed by atoms with Crippen molar-refractivity contribution in [3.05, 3.63) is 35.2 Å². The van der Waals surface area contributed by atoms with Crippen LogP contribution in [-0.4, -0.2) is 33.0 Å². The van der Waals surface area contributed by atoms with Crippen molar-refractivity contribution in [2.24, 2.45) is 0 Å². The number of nitrogens with one attached hydrogen (secondary N) is 1. The minimum Gasteiger partial charge on any atom is -0.454 e. The second-order valence-corrected chi connectivity index (χ2v) is 7.49. The summed E-state index contributed by atoms with van der Waals surface area (Å²) in [6.45, 7) is 2.37. The lowest BCUT2D eigenvalue weighted by Crippen LogP contribution is -2.37. The molecule has 2 heterocycles. The van der Waals surface area contributed by atoms with Crippen LogP contribution in [0, 0.1) is 0 Å². The third-order valence-electron chi connectivity index (χ3n) is 3.73. The van der Waals surface area contributed by atoms with Gasteiger partial charge in [0, 0.05) is 17.5 Å². The molecule has 0 fully saturated rings. The third-order valence-corrected chi connectivity index (χ3v) is 5.13. The van der Waals surface area contributed by atoms with Crippen LogP contribution in [-0.2, 0) is 16.3 Å². The minimum atomic E-state index is -2.99. The van der Waals surface area contributed by atoms with Crippen LogP contribution in [0.25, 0.3) is 0 Å². The van der Waals surface area contributed by atoms with E-state index in [9.17, 15) is 8.42 Å². The Morgan fingerprint density at radius 2 is 2.14 bits per heavy atom.